The van der Waals surface area contributed by atoms with Crippen LogP contribution in [0, 0.1) is 5.92 Å². The zero-order valence-corrected chi connectivity index (χ0v) is 8.86. The van der Waals surface area contributed by atoms with Gasteiger partial charge in [-0.15, -0.1) is 0 Å². The van der Waals surface area contributed by atoms with Crippen LogP contribution < -0.4 is 5.32 Å². The van der Waals surface area contributed by atoms with Gasteiger partial charge in [-0.3, -0.25) is 0 Å². The molecule has 1 heterocycles. The Morgan fingerprint density at radius 2 is 1.87 bits per heavy atom. The molecule has 0 aromatic heterocycles. The van der Waals surface area contributed by atoms with Crippen LogP contribution in [0.15, 0.2) is 30.3 Å². The fraction of sp³-hybridized carbons (Fsp3) is 0.462. The van der Waals surface area contributed by atoms with Gasteiger partial charge in [0.2, 0.25) is 0 Å². The summed E-state index contributed by atoms with van der Waals surface area (Å²) in [7, 11) is 0. The first kappa shape index (κ1) is 10.4. The molecule has 1 fully saturated rings. The zero-order chi connectivity index (χ0) is 10.5. The van der Waals surface area contributed by atoms with Crippen molar-refractivity contribution in [3.05, 3.63) is 35.9 Å². The number of rotatable bonds is 3. The molecule has 0 aliphatic carbocycles. The molecule has 2 heteroatoms. The molecule has 0 amide bonds. The summed E-state index contributed by atoms with van der Waals surface area (Å²) < 4.78 is 0. The van der Waals surface area contributed by atoms with Gasteiger partial charge < -0.3 is 10.1 Å². The molecule has 15 heavy (non-hydrogen) atoms. The number of nitrogens with one attached hydrogen (secondary N) is 1. The molecule has 1 unspecified atom stereocenters. The number of aldehydes is 1. The van der Waals surface area contributed by atoms with E-state index in [1.165, 1.54) is 5.56 Å². The smallest absolute Gasteiger partial charge is 0.127 e. The van der Waals surface area contributed by atoms with Gasteiger partial charge in [0.1, 0.15) is 6.29 Å². The average Bonchev–Trinajstić information content (AvgIpc) is 2.33. The minimum Gasteiger partial charge on any atom is -0.317 e. The van der Waals surface area contributed by atoms with Gasteiger partial charge in [0, 0.05) is 5.92 Å². The third-order valence-corrected chi connectivity index (χ3v) is 3.22. The minimum absolute atomic E-state index is 0.0910. The number of hydrogen-bond acceptors (Lipinski definition) is 2. The van der Waals surface area contributed by atoms with Crippen LogP contribution >= 0.6 is 0 Å². The Morgan fingerprint density at radius 3 is 2.47 bits per heavy atom. The monoisotopic (exact) mass is 203 g/mol. The van der Waals surface area contributed by atoms with E-state index in [1.807, 2.05) is 18.2 Å². The Hall–Kier alpha value is -1.15. The van der Waals surface area contributed by atoms with Gasteiger partial charge in [-0.05, 0) is 37.4 Å². The van der Waals surface area contributed by atoms with Crippen molar-refractivity contribution in [3.8, 4) is 0 Å². The zero-order valence-electron chi connectivity index (χ0n) is 8.86. The van der Waals surface area contributed by atoms with E-state index in [9.17, 15) is 4.79 Å². The van der Waals surface area contributed by atoms with E-state index in [1.54, 1.807) is 0 Å². The van der Waals surface area contributed by atoms with Crippen LogP contribution in [0.3, 0.4) is 0 Å². The maximum Gasteiger partial charge on any atom is 0.127 e. The number of carbonyl (C=O) groups excluding carboxylic acids is 1. The van der Waals surface area contributed by atoms with Gasteiger partial charge in [0.15, 0.2) is 0 Å². The highest BCUT2D eigenvalue weighted by Crippen LogP contribution is 2.28. The first-order chi connectivity index (χ1) is 7.42. The highest BCUT2D eigenvalue weighted by Gasteiger charge is 2.23. The molecule has 1 atom stereocenters. The SMILES string of the molecule is O=CC(c1ccccc1)C1CCNCC1. The van der Waals surface area contributed by atoms with Crippen molar-refractivity contribution < 1.29 is 4.79 Å². The molecule has 1 aliphatic heterocycles. The Morgan fingerprint density at radius 1 is 1.20 bits per heavy atom. The summed E-state index contributed by atoms with van der Waals surface area (Å²) in [5, 5.41) is 3.33. The molecule has 0 saturated carbocycles. The molecule has 1 saturated heterocycles. The normalized spacial score (nSPS) is 19.7. The molecule has 0 radical (unpaired) electrons. The van der Waals surface area contributed by atoms with Crippen LogP contribution in [0.4, 0.5) is 0 Å². The summed E-state index contributed by atoms with van der Waals surface area (Å²) in [5.41, 5.74) is 1.17. The topological polar surface area (TPSA) is 29.1 Å². The Kier molecular flexibility index (Phi) is 3.51. The molecular formula is C13H17NO. The summed E-state index contributed by atoms with van der Waals surface area (Å²) in [6, 6.07) is 10.1. The van der Waals surface area contributed by atoms with Crippen molar-refractivity contribution in [2.24, 2.45) is 5.92 Å². The van der Waals surface area contributed by atoms with Gasteiger partial charge in [-0.1, -0.05) is 30.3 Å². The predicted molar refractivity (Wildman–Crippen MR) is 60.8 cm³/mol. The molecule has 0 bridgehead atoms. The summed E-state index contributed by atoms with van der Waals surface area (Å²) in [6.45, 7) is 2.09. The lowest BCUT2D eigenvalue weighted by Gasteiger charge is -2.27. The van der Waals surface area contributed by atoms with Crippen molar-refractivity contribution in [1.82, 2.24) is 5.32 Å². The third kappa shape index (κ3) is 2.45. The van der Waals surface area contributed by atoms with Gasteiger partial charge >= 0.3 is 0 Å². The van der Waals surface area contributed by atoms with Gasteiger partial charge in [0.25, 0.3) is 0 Å². The lowest BCUT2D eigenvalue weighted by molar-refractivity contribution is -0.110. The number of piperidine rings is 1. The van der Waals surface area contributed by atoms with Crippen molar-refractivity contribution in [2.45, 2.75) is 18.8 Å². The van der Waals surface area contributed by atoms with E-state index >= 15 is 0 Å². The molecule has 2 rings (SSSR count). The summed E-state index contributed by atoms with van der Waals surface area (Å²) in [6.07, 6.45) is 3.34. The van der Waals surface area contributed by atoms with E-state index in [4.69, 9.17) is 0 Å². The minimum atomic E-state index is 0.0910. The highest BCUT2D eigenvalue weighted by molar-refractivity contribution is 5.62. The van der Waals surface area contributed by atoms with E-state index in [0.29, 0.717) is 5.92 Å². The fourth-order valence-corrected chi connectivity index (χ4v) is 2.34. The first-order valence-corrected chi connectivity index (χ1v) is 5.63. The van der Waals surface area contributed by atoms with Crippen LogP contribution in [0.1, 0.15) is 24.3 Å². The lowest BCUT2D eigenvalue weighted by Crippen LogP contribution is -2.31. The van der Waals surface area contributed by atoms with Crippen LogP contribution in [-0.4, -0.2) is 19.4 Å². The van der Waals surface area contributed by atoms with Crippen LogP contribution in [0.5, 0.6) is 0 Å². The van der Waals surface area contributed by atoms with E-state index in [-0.39, 0.29) is 5.92 Å². The standard InChI is InChI=1S/C13H17NO/c15-10-13(11-4-2-1-3-5-11)12-6-8-14-9-7-12/h1-5,10,12-14H,6-9H2. The molecule has 0 spiro atoms. The Labute approximate surface area is 90.7 Å². The second kappa shape index (κ2) is 5.08. The highest BCUT2D eigenvalue weighted by atomic mass is 16.1. The summed E-state index contributed by atoms with van der Waals surface area (Å²) in [4.78, 5) is 11.2. The van der Waals surface area contributed by atoms with Crippen molar-refractivity contribution in [2.75, 3.05) is 13.1 Å². The van der Waals surface area contributed by atoms with Gasteiger partial charge in [-0.2, -0.15) is 0 Å². The Bertz CT molecular complexity index is 304. The quantitative estimate of drug-likeness (QED) is 0.761. The number of benzene rings is 1. The number of carbonyl (C=O) groups is 1. The van der Waals surface area contributed by atoms with Crippen molar-refractivity contribution >= 4 is 6.29 Å². The summed E-state index contributed by atoms with van der Waals surface area (Å²) in [5.74, 6) is 0.611. The first-order valence-electron chi connectivity index (χ1n) is 5.63. The largest absolute Gasteiger partial charge is 0.317 e. The predicted octanol–water partition coefficient (Wildman–Crippen LogP) is 1.97. The maximum atomic E-state index is 11.2. The van der Waals surface area contributed by atoms with Crippen molar-refractivity contribution in [3.63, 3.8) is 0 Å². The molecule has 1 aromatic carbocycles. The molecule has 80 valence electrons. The lowest BCUT2D eigenvalue weighted by atomic mass is 9.81. The average molecular weight is 203 g/mol. The fourth-order valence-electron chi connectivity index (χ4n) is 2.34. The molecular weight excluding hydrogens is 186 g/mol. The molecule has 2 nitrogen and oxygen atoms in total. The van der Waals surface area contributed by atoms with Gasteiger partial charge in [0.05, 0.1) is 0 Å². The molecule has 1 aliphatic rings. The van der Waals surface area contributed by atoms with E-state index in [0.717, 1.165) is 32.2 Å². The third-order valence-electron chi connectivity index (χ3n) is 3.22. The van der Waals surface area contributed by atoms with Crippen LogP contribution in [0.2, 0.25) is 0 Å². The Balaban J connectivity index is 2.12. The second-order valence-electron chi connectivity index (χ2n) is 4.16. The molecule has 1 N–H and O–H groups in total. The van der Waals surface area contributed by atoms with Crippen LogP contribution in [-0.2, 0) is 4.79 Å². The van der Waals surface area contributed by atoms with Gasteiger partial charge in [-0.25, -0.2) is 0 Å². The maximum absolute atomic E-state index is 11.2. The summed E-state index contributed by atoms with van der Waals surface area (Å²) >= 11 is 0. The van der Waals surface area contributed by atoms with E-state index in [2.05, 4.69) is 17.4 Å². The van der Waals surface area contributed by atoms with E-state index < -0.39 is 0 Å². The second-order valence-corrected chi connectivity index (χ2v) is 4.16. The molecule has 1 aromatic rings. The van der Waals surface area contributed by atoms with Crippen LogP contribution in [0.25, 0.3) is 0 Å². The number of hydrogen-bond donors (Lipinski definition) is 1. The van der Waals surface area contributed by atoms with Crippen molar-refractivity contribution in [1.29, 1.82) is 0 Å².